The number of carbonyl (C=O) groups excluding carboxylic acids is 1. The monoisotopic (exact) mass is 258 g/mol. The lowest BCUT2D eigenvalue weighted by atomic mass is 10.0. The van der Waals surface area contributed by atoms with Crippen LogP contribution in [0.2, 0.25) is 0 Å². The van der Waals surface area contributed by atoms with Crippen LogP contribution in [-0.2, 0) is 0 Å². The summed E-state index contributed by atoms with van der Waals surface area (Å²) in [4.78, 5) is 14.1. The first-order valence-electron chi connectivity index (χ1n) is 6.58. The van der Waals surface area contributed by atoms with Gasteiger partial charge in [0.1, 0.15) is 0 Å². The van der Waals surface area contributed by atoms with Gasteiger partial charge >= 0.3 is 0 Å². The standard InChI is InChI=1S/C16H22N2O/c1-5-13(3)18(4)16(19)15-9-8-14(7-6-10-17)12(2)11-15/h8-9,11,13H,5,10,17H2,1-4H3. The molecule has 1 amide bonds. The third-order valence-corrected chi connectivity index (χ3v) is 3.37. The highest BCUT2D eigenvalue weighted by atomic mass is 16.2. The van der Waals surface area contributed by atoms with Crippen molar-refractivity contribution in [2.45, 2.75) is 33.2 Å². The van der Waals surface area contributed by atoms with Crippen molar-refractivity contribution in [3.8, 4) is 11.8 Å². The number of nitrogens with zero attached hydrogens (tertiary/aromatic N) is 1. The maximum absolute atomic E-state index is 12.3. The first kappa shape index (κ1) is 15.3. The molecule has 0 aliphatic rings. The number of amides is 1. The van der Waals surface area contributed by atoms with Crippen LogP contribution >= 0.6 is 0 Å². The summed E-state index contributed by atoms with van der Waals surface area (Å²) in [6, 6.07) is 5.84. The fourth-order valence-corrected chi connectivity index (χ4v) is 1.76. The van der Waals surface area contributed by atoms with E-state index in [-0.39, 0.29) is 11.9 Å². The van der Waals surface area contributed by atoms with Crippen LogP contribution in [0.1, 0.15) is 41.8 Å². The first-order chi connectivity index (χ1) is 9.01. The molecule has 0 heterocycles. The molecule has 19 heavy (non-hydrogen) atoms. The lowest BCUT2D eigenvalue weighted by Gasteiger charge is -2.24. The molecule has 0 fully saturated rings. The van der Waals surface area contributed by atoms with Crippen molar-refractivity contribution in [2.75, 3.05) is 13.6 Å². The normalized spacial score (nSPS) is 11.4. The van der Waals surface area contributed by atoms with Crippen molar-refractivity contribution >= 4 is 5.91 Å². The molecular formula is C16H22N2O. The third kappa shape index (κ3) is 3.84. The molecule has 1 rings (SSSR count). The van der Waals surface area contributed by atoms with E-state index in [0.717, 1.165) is 17.5 Å². The second-order valence-corrected chi connectivity index (χ2v) is 4.71. The highest BCUT2D eigenvalue weighted by Gasteiger charge is 2.16. The Morgan fingerprint density at radius 2 is 2.16 bits per heavy atom. The molecule has 0 saturated carbocycles. The molecule has 0 saturated heterocycles. The van der Waals surface area contributed by atoms with Gasteiger partial charge in [-0.05, 0) is 44.0 Å². The Kier molecular flexibility index (Phi) is 5.59. The number of benzene rings is 1. The average Bonchev–Trinajstić information content (AvgIpc) is 2.43. The van der Waals surface area contributed by atoms with Gasteiger partial charge in [-0.3, -0.25) is 4.79 Å². The number of nitrogens with two attached hydrogens (primary N) is 1. The van der Waals surface area contributed by atoms with Gasteiger partial charge in [0.25, 0.3) is 5.91 Å². The fraction of sp³-hybridized carbons (Fsp3) is 0.438. The van der Waals surface area contributed by atoms with Crippen molar-refractivity contribution in [3.05, 3.63) is 34.9 Å². The van der Waals surface area contributed by atoms with Crippen molar-refractivity contribution in [1.29, 1.82) is 0 Å². The Balaban J connectivity index is 2.98. The highest BCUT2D eigenvalue weighted by molar-refractivity contribution is 5.94. The van der Waals surface area contributed by atoms with Gasteiger partial charge in [-0.15, -0.1) is 0 Å². The molecule has 102 valence electrons. The zero-order chi connectivity index (χ0) is 14.4. The highest BCUT2D eigenvalue weighted by Crippen LogP contribution is 2.13. The zero-order valence-electron chi connectivity index (χ0n) is 12.2. The summed E-state index contributed by atoms with van der Waals surface area (Å²) in [5.74, 6) is 5.88. The van der Waals surface area contributed by atoms with E-state index in [1.807, 2.05) is 39.1 Å². The van der Waals surface area contributed by atoms with Crippen LogP contribution in [0.15, 0.2) is 18.2 Å². The van der Waals surface area contributed by atoms with Gasteiger partial charge in [0.05, 0.1) is 6.54 Å². The lowest BCUT2D eigenvalue weighted by Crippen LogP contribution is -2.34. The molecule has 1 atom stereocenters. The summed E-state index contributed by atoms with van der Waals surface area (Å²) < 4.78 is 0. The second-order valence-electron chi connectivity index (χ2n) is 4.71. The van der Waals surface area contributed by atoms with Crippen molar-refractivity contribution in [1.82, 2.24) is 4.90 Å². The van der Waals surface area contributed by atoms with Crippen LogP contribution in [0, 0.1) is 18.8 Å². The van der Waals surface area contributed by atoms with Gasteiger partial charge in [-0.1, -0.05) is 18.8 Å². The second kappa shape index (κ2) is 6.96. The first-order valence-corrected chi connectivity index (χ1v) is 6.58. The molecule has 0 spiro atoms. The Hall–Kier alpha value is -1.79. The smallest absolute Gasteiger partial charge is 0.253 e. The quantitative estimate of drug-likeness (QED) is 0.845. The number of rotatable bonds is 3. The summed E-state index contributed by atoms with van der Waals surface area (Å²) in [5, 5.41) is 0. The molecule has 0 aliphatic heterocycles. The SMILES string of the molecule is CCC(C)N(C)C(=O)c1ccc(C#CCN)c(C)c1. The maximum Gasteiger partial charge on any atom is 0.253 e. The Morgan fingerprint density at radius 3 is 2.68 bits per heavy atom. The van der Waals surface area contributed by atoms with Gasteiger partial charge in [-0.2, -0.15) is 0 Å². The van der Waals surface area contributed by atoms with E-state index >= 15 is 0 Å². The van der Waals surface area contributed by atoms with Crippen molar-refractivity contribution < 1.29 is 4.79 Å². The topological polar surface area (TPSA) is 46.3 Å². The Labute approximate surface area is 115 Å². The molecule has 0 bridgehead atoms. The van der Waals surface area contributed by atoms with Gasteiger partial charge in [0.15, 0.2) is 0 Å². The summed E-state index contributed by atoms with van der Waals surface area (Å²) in [6.45, 7) is 6.43. The van der Waals surface area contributed by atoms with Crippen LogP contribution < -0.4 is 5.73 Å². The van der Waals surface area contributed by atoms with E-state index in [4.69, 9.17) is 5.73 Å². The summed E-state index contributed by atoms with van der Waals surface area (Å²) in [6.07, 6.45) is 0.946. The van der Waals surface area contributed by atoms with E-state index in [2.05, 4.69) is 18.8 Å². The minimum atomic E-state index is 0.0517. The van der Waals surface area contributed by atoms with E-state index in [9.17, 15) is 4.79 Å². The van der Waals surface area contributed by atoms with Crippen LogP contribution in [0.4, 0.5) is 0 Å². The summed E-state index contributed by atoms with van der Waals surface area (Å²) in [5.41, 5.74) is 7.99. The van der Waals surface area contributed by atoms with Crippen molar-refractivity contribution in [3.63, 3.8) is 0 Å². The molecular weight excluding hydrogens is 236 g/mol. The van der Waals surface area contributed by atoms with Crippen LogP contribution in [0.25, 0.3) is 0 Å². The Morgan fingerprint density at radius 1 is 1.47 bits per heavy atom. The van der Waals surface area contributed by atoms with Gasteiger partial charge in [-0.25, -0.2) is 0 Å². The largest absolute Gasteiger partial charge is 0.339 e. The molecule has 1 unspecified atom stereocenters. The Bertz CT molecular complexity index is 511. The fourth-order valence-electron chi connectivity index (χ4n) is 1.76. The number of hydrogen-bond donors (Lipinski definition) is 1. The zero-order valence-corrected chi connectivity index (χ0v) is 12.2. The van der Waals surface area contributed by atoms with Gasteiger partial charge in [0, 0.05) is 24.2 Å². The molecule has 2 N–H and O–H groups in total. The van der Waals surface area contributed by atoms with Gasteiger partial charge < -0.3 is 10.6 Å². The predicted octanol–water partition coefficient (Wildman–Crippen LogP) is 2.18. The molecule has 1 aromatic rings. The molecule has 1 aromatic carbocycles. The lowest BCUT2D eigenvalue weighted by molar-refractivity contribution is 0.0740. The predicted molar refractivity (Wildman–Crippen MR) is 79.0 cm³/mol. The van der Waals surface area contributed by atoms with E-state index in [0.29, 0.717) is 12.1 Å². The number of aryl methyl sites for hydroxylation is 1. The molecule has 3 heteroatoms. The average molecular weight is 258 g/mol. The minimum Gasteiger partial charge on any atom is -0.339 e. The van der Waals surface area contributed by atoms with Crippen LogP contribution in [0.5, 0.6) is 0 Å². The maximum atomic E-state index is 12.3. The molecule has 3 nitrogen and oxygen atoms in total. The number of carbonyl (C=O) groups is 1. The molecule has 0 radical (unpaired) electrons. The van der Waals surface area contributed by atoms with Gasteiger partial charge in [0.2, 0.25) is 0 Å². The summed E-state index contributed by atoms with van der Waals surface area (Å²) >= 11 is 0. The van der Waals surface area contributed by atoms with E-state index in [1.54, 1.807) is 4.90 Å². The molecule has 0 aromatic heterocycles. The van der Waals surface area contributed by atoms with Crippen LogP contribution in [0.3, 0.4) is 0 Å². The third-order valence-electron chi connectivity index (χ3n) is 3.37. The number of hydrogen-bond acceptors (Lipinski definition) is 2. The van der Waals surface area contributed by atoms with E-state index in [1.165, 1.54) is 0 Å². The van der Waals surface area contributed by atoms with Crippen LogP contribution in [-0.4, -0.2) is 30.4 Å². The summed E-state index contributed by atoms with van der Waals surface area (Å²) in [7, 11) is 1.84. The molecule has 0 aliphatic carbocycles. The van der Waals surface area contributed by atoms with Crippen molar-refractivity contribution in [2.24, 2.45) is 5.73 Å². The van der Waals surface area contributed by atoms with E-state index < -0.39 is 0 Å². The minimum absolute atomic E-state index is 0.0517.